The summed E-state index contributed by atoms with van der Waals surface area (Å²) in [6.45, 7) is 16.4. The van der Waals surface area contributed by atoms with E-state index in [-0.39, 0.29) is 10.5 Å². The maximum Gasteiger partial charge on any atom is 0.192 e. The van der Waals surface area contributed by atoms with Gasteiger partial charge < -0.3 is 4.43 Å². The third kappa shape index (κ3) is 2.87. The molecule has 1 aromatic carbocycles. The molecule has 1 unspecified atom stereocenters. The van der Waals surface area contributed by atoms with E-state index in [0.717, 1.165) is 6.42 Å². The summed E-state index contributed by atoms with van der Waals surface area (Å²) in [5.41, 5.74) is 3.19. The van der Waals surface area contributed by atoms with Crippen LogP contribution in [0.5, 0.6) is 0 Å². The summed E-state index contributed by atoms with van der Waals surface area (Å²) >= 11 is 0. The maximum atomic E-state index is 6.70. The molecule has 1 aliphatic rings. The van der Waals surface area contributed by atoms with Crippen LogP contribution in [0.3, 0.4) is 0 Å². The van der Waals surface area contributed by atoms with Gasteiger partial charge in [0, 0.05) is 0 Å². The second kappa shape index (κ2) is 4.99. The number of benzene rings is 1. The standard InChI is InChI=1S/C18H30OSi/c1-17(2,3)20(6,7)19-16-12-13-18(4,5)15-11-9-8-10-14(15)16/h8-11,16H,12-13H2,1-7H3. The normalized spacial score (nSPS) is 22.4. The van der Waals surface area contributed by atoms with E-state index in [9.17, 15) is 0 Å². The van der Waals surface area contributed by atoms with Gasteiger partial charge >= 0.3 is 0 Å². The van der Waals surface area contributed by atoms with Gasteiger partial charge in [0.15, 0.2) is 8.32 Å². The molecule has 0 amide bonds. The van der Waals surface area contributed by atoms with E-state index in [4.69, 9.17) is 4.43 Å². The summed E-state index contributed by atoms with van der Waals surface area (Å²) in [6, 6.07) is 8.88. The Morgan fingerprint density at radius 1 is 1.15 bits per heavy atom. The van der Waals surface area contributed by atoms with Crippen molar-refractivity contribution in [3.05, 3.63) is 35.4 Å². The van der Waals surface area contributed by atoms with E-state index in [1.165, 1.54) is 17.5 Å². The number of fused-ring (bicyclic) bond motifs is 1. The third-order valence-electron chi connectivity index (χ3n) is 5.31. The second-order valence-corrected chi connectivity index (χ2v) is 13.1. The zero-order chi connectivity index (χ0) is 15.2. The van der Waals surface area contributed by atoms with E-state index >= 15 is 0 Å². The molecule has 1 aliphatic carbocycles. The molecule has 20 heavy (non-hydrogen) atoms. The van der Waals surface area contributed by atoms with Gasteiger partial charge in [0.05, 0.1) is 6.10 Å². The predicted octanol–water partition coefficient (Wildman–Crippen LogP) is 5.82. The SMILES string of the molecule is CC1(C)CCC(O[Si](C)(C)C(C)(C)C)c2ccccc21. The van der Waals surface area contributed by atoms with Crippen LogP contribution in [0.2, 0.25) is 18.1 Å². The highest BCUT2D eigenvalue weighted by Gasteiger charge is 2.42. The molecule has 1 aromatic rings. The zero-order valence-corrected chi connectivity index (χ0v) is 15.2. The minimum atomic E-state index is -1.71. The second-order valence-electron chi connectivity index (χ2n) is 8.38. The van der Waals surface area contributed by atoms with Crippen molar-refractivity contribution in [2.75, 3.05) is 0 Å². The van der Waals surface area contributed by atoms with Crippen molar-refractivity contribution in [1.82, 2.24) is 0 Å². The largest absolute Gasteiger partial charge is 0.410 e. The van der Waals surface area contributed by atoms with Gasteiger partial charge in [-0.25, -0.2) is 0 Å². The maximum absolute atomic E-state index is 6.70. The van der Waals surface area contributed by atoms with Gasteiger partial charge in [0.25, 0.3) is 0 Å². The Balaban J connectivity index is 2.33. The third-order valence-corrected chi connectivity index (χ3v) is 9.80. The van der Waals surface area contributed by atoms with Crippen LogP contribution in [0.25, 0.3) is 0 Å². The molecule has 0 spiro atoms. The van der Waals surface area contributed by atoms with Crippen molar-refractivity contribution in [3.8, 4) is 0 Å². The van der Waals surface area contributed by atoms with Crippen LogP contribution in [0.15, 0.2) is 24.3 Å². The molecule has 0 aromatic heterocycles. The summed E-state index contributed by atoms with van der Waals surface area (Å²) in [4.78, 5) is 0. The molecule has 2 rings (SSSR count). The first-order valence-electron chi connectivity index (χ1n) is 7.82. The number of hydrogen-bond donors (Lipinski definition) is 0. The van der Waals surface area contributed by atoms with E-state index in [1.807, 2.05) is 0 Å². The van der Waals surface area contributed by atoms with Gasteiger partial charge in [-0.2, -0.15) is 0 Å². The first kappa shape index (κ1) is 15.8. The van der Waals surface area contributed by atoms with Crippen molar-refractivity contribution in [2.24, 2.45) is 0 Å². The molecule has 0 fully saturated rings. The summed E-state index contributed by atoms with van der Waals surface area (Å²) in [6.07, 6.45) is 2.65. The molecule has 0 saturated carbocycles. The van der Waals surface area contributed by atoms with Gasteiger partial charge in [-0.3, -0.25) is 0 Å². The van der Waals surface area contributed by atoms with Gasteiger partial charge in [0.1, 0.15) is 0 Å². The molecule has 0 heterocycles. The summed E-state index contributed by atoms with van der Waals surface area (Å²) in [5, 5.41) is 0.273. The van der Waals surface area contributed by atoms with Gasteiger partial charge in [0.2, 0.25) is 0 Å². The topological polar surface area (TPSA) is 9.23 Å². The van der Waals surface area contributed by atoms with Crippen LogP contribution < -0.4 is 0 Å². The van der Waals surface area contributed by atoms with Crippen molar-refractivity contribution >= 4 is 8.32 Å². The fourth-order valence-electron chi connectivity index (χ4n) is 2.83. The minimum Gasteiger partial charge on any atom is -0.410 e. The molecule has 0 radical (unpaired) electrons. The predicted molar refractivity (Wildman–Crippen MR) is 89.7 cm³/mol. The van der Waals surface area contributed by atoms with Gasteiger partial charge in [-0.05, 0) is 47.5 Å². The Kier molecular flexibility index (Phi) is 3.94. The highest BCUT2D eigenvalue weighted by atomic mass is 28.4. The average Bonchev–Trinajstić information content (AvgIpc) is 2.32. The van der Waals surface area contributed by atoms with E-state index in [1.54, 1.807) is 0 Å². The van der Waals surface area contributed by atoms with Gasteiger partial charge in [-0.15, -0.1) is 0 Å². The highest BCUT2D eigenvalue weighted by Crippen LogP contribution is 2.47. The fourth-order valence-corrected chi connectivity index (χ4v) is 4.14. The first-order chi connectivity index (χ1) is 9.05. The average molecular weight is 291 g/mol. The molecular weight excluding hydrogens is 260 g/mol. The first-order valence-corrected chi connectivity index (χ1v) is 10.7. The fraction of sp³-hybridized carbons (Fsp3) is 0.667. The molecule has 1 nitrogen and oxygen atoms in total. The highest BCUT2D eigenvalue weighted by molar-refractivity contribution is 6.74. The lowest BCUT2D eigenvalue weighted by Crippen LogP contribution is -2.43. The molecule has 112 valence electrons. The van der Waals surface area contributed by atoms with Crippen molar-refractivity contribution in [2.45, 2.75) is 77.1 Å². The van der Waals surface area contributed by atoms with Crippen LogP contribution in [0.1, 0.15) is 64.7 Å². The lowest BCUT2D eigenvalue weighted by atomic mass is 9.72. The van der Waals surface area contributed by atoms with Crippen LogP contribution in [0, 0.1) is 0 Å². The van der Waals surface area contributed by atoms with Crippen LogP contribution >= 0.6 is 0 Å². The van der Waals surface area contributed by atoms with E-state index in [0.29, 0.717) is 6.10 Å². The number of rotatable bonds is 2. The lowest BCUT2D eigenvalue weighted by Gasteiger charge is -2.43. The van der Waals surface area contributed by atoms with Crippen LogP contribution in [-0.2, 0) is 9.84 Å². The molecule has 0 aliphatic heterocycles. The van der Waals surface area contributed by atoms with Crippen molar-refractivity contribution in [1.29, 1.82) is 0 Å². The zero-order valence-electron chi connectivity index (χ0n) is 14.2. The van der Waals surface area contributed by atoms with E-state index < -0.39 is 8.32 Å². The molecule has 0 N–H and O–H groups in total. The summed E-state index contributed by atoms with van der Waals surface area (Å²) in [5.74, 6) is 0. The van der Waals surface area contributed by atoms with Crippen LogP contribution in [0.4, 0.5) is 0 Å². The lowest BCUT2D eigenvalue weighted by molar-refractivity contribution is 0.147. The smallest absolute Gasteiger partial charge is 0.192 e. The monoisotopic (exact) mass is 290 g/mol. The summed E-state index contributed by atoms with van der Waals surface area (Å²) < 4.78 is 6.70. The molecular formula is C18H30OSi. The molecule has 0 bridgehead atoms. The van der Waals surface area contributed by atoms with Crippen molar-refractivity contribution in [3.63, 3.8) is 0 Å². The molecule has 1 atom stereocenters. The molecule has 0 saturated heterocycles. The Hall–Kier alpha value is -0.603. The Labute approximate surface area is 125 Å². The van der Waals surface area contributed by atoms with Gasteiger partial charge in [-0.1, -0.05) is 58.9 Å². The number of hydrogen-bond acceptors (Lipinski definition) is 1. The Morgan fingerprint density at radius 2 is 1.75 bits per heavy atom. The Morgan fingerprint density at radius 3 is 2.35 bits per heavy atom. The Bertz CT molecular complexity index is 482. The quantitative estimate of drug-likeness (QED) is 0.623. The van der Waals surface area contributed by atoms with Crippen LogP contribution in [-0.4, -0.2) is 8.32 Å². The minimum absolute atomic E-state index is 0.273. The van der Waals surface area contributed by atoms with Crippen molar-refractivity contribution < 1.29 is 4.43 Å². The van der Waals surface area contributed by atoms with E-state index in [2.05, 4.69) is 72.0 Å². The molecule has 2 heteroatoms. The summed E-state index contributed by atoms with van der Waals surface area (Å²) in [7, 11) is -1.71.